The SMILES string of the molecule is CC1(C)CCCC1NC(=O)c1cccc(NN)c1[N+](=O)[O-]. The minimum atomic E-state index is -0.593. The Balaban J connectivity index is 2.29. The average molecular weight is 292 g/mol. The van der Waals surface area contributed by atoms with Crippen molar-refractivity contribution in [2.75, 3.05) is 5.43 Å². The maximum Gasteiger partial charge on any atom is 0.306 e. The van der Waals surface area contributed by atoms with Gasteiger partial charge < -0.3 is 10.7 Å². The monoisotopic (exact) mass is 292 g/mol. The fourth-order valence-corrected chi connectivity index (χ4v) is 2.87. The molecule has 1 unspecified atom stereocenters. The molecule has 1 aromatic rings. The quantitative estimate of drug-likeness (QED) is 0.447. The van der Waals surface area contributed by atoms with Gasteiger partial charge in [-0.05, 0) is 30.4 Å². The number of hydrogen-bond acceptors (Lipinski definition) is 5. The van der Waals surface area contributed by atoms with Crippen LogP contribution in [0.4, 0.5) is 11.4 Å². The van der Waals surface area contributed by atoms with E-state index in [1.807, 2.05) is 0 Å². The molecule has 0 radical (unpaired) electrons. The summed E-state index contributed by atoms with van der Waals surface area (Å²) in [7, 11) is 0. The first-order valence-electron chi connectivity index (χ1n) is 6.91. The molecule has 0 spiro atoms. The van der Waals surface area contributed by atoms with E-state index in [-0.39, 0.29) is 28.4 Å². The van der Waals surface area contributed by atoms with Crippen molar-refractivity contribution < 1.29 is 9.72 Å². The Bertz CT molecular complexity index is 571. The van der Waals surface area contributed by atoms with Crippen LogP contribution in [0.25, 0.3) is 0 Å². The molecule has 0 heterocycles. The van der Waals surface area contributed by atoms with Crippen LogP contribution in [0.1, 0.15) is 43.5 Å². The predicted molar refractivity (Wildman–Crippen MR) is 79.8 cm³/mol. The van der Waals surface area contributed by atoms with E-state index in [1.165, 1.54) is 12.1 Å². The van der Waals surface area contributed by atoms with E-state index in [0.29, 0.717) is 0 Å². The van der Waals surface area contributed by atoms with Gasteiger partial charge in [0.1, 0.15) is 11.3 Å². The van der Waals surface area contributed by atoms with E-state index in [4.69, 9.17) is 5.84 Å². The van der Waals surface area contributed by atoms with Crippen LogP contribution in [-0.4, -0.2) is 16.9 Å². The first-order valence-corrected chi connectivity index (χ1v) is 6.91. The molecule has 1 saturated carbocycles. The maximum atomic E-state index is 12.4. The van der Waals surface area contributed by atoms with Crippen LogP contribution in [-0.2, 0) is 0 Å². The molecule has 1 aromatic carbocycles. The van der Waals surface area contributed by atoms with Gasteiger partial charge in [-0.15, -0.1) is 0 Å². The molecular weight excluding hydrogens is 272 g/mol. The molecule has 4 N–H and O–H groups in total. The number of nitro benzene ring substituents is 1. The first kappa shape index (κ1) is 15.2. The van der Waals surface area contributed by atoms with Crippen molar-refractivity contribution in [1.82, 2.24) is 5.32 Å². The number of rotatable bonds is 4. The van der Waals surface area contributed by atoms with Crippen molar-refractivity contribution in [2.24, 2.45) is 11.3 Å². The van der Waals surface area contributed by atoms with Crippen molar-refractivity contribution in [3.05, 3.63) is 33.9 Å². The van der Waals surface area contributed by atoms with Crippen LogP contribution >= 0.6 is 0 Å². The lowest BCUT2D eigenvalue weighted by molar-refractivity contribution is -0.384. The Kier molecular flexibility index (Phi) is 4.13. The molecule has 0 bridgehead atoms. The number of nitrogens with one attached hydrogen (secondary N) is 2. The summed E-state index contributed by atoms with van der Waals surface area (Å²) in [5, 5.41) is 14.1. The smallest absolute Gasteiger partial charge is 0.306 e. The number of hydrazine groups is 1. The zero-order valence-corrected chi connectivity index (χ0v) is 12.2. The Hall–Kier alpha value is -2.15. The Morgan fingerprint density at radius 2 is 2.19 bits per heavy atom. The van der Waals surface area contributed by atoms with E-state index < -0.39 is 10.8 Å². The van der Waals surface area contributed by atoms with Crippen molar-refractivity contribution in [1.29, 1.82) is 0 Å². The molecule has 0 aliphatic heterocycles. The van der Waals surface area contributed by atoms with Crippen molar-refractivity contribution >= 4 is 17.3 Å². The number of nitrogens with zero attached hydrogens (tertiary/aromatic N) is 1. The second-order valence-corrected chi connectivity index (χ2v) is 6.01. The summed E-state index contributed by atoms with van der Waals surface area (Å²) in [6.45, 7) is 4.19. The van der Waals surface area contributed by atoms with Crippen molar-refractivity contribution in [3.8, 4) is 0 Å². The van der Waals surface area contributed by atoms with Gasteiger partial charge in [-0.3, -0.25) is 20.8 Å². The second kappa shape index (κ2) is 5.69. The lowest BCUT2D eigenvalue weighted by Crippen LogP contribution is -2.41. The Labute approximate surface area is 123 Å². The summed E-state index contributed by atoms with van der Waals surface area (Å²) in [5.41, 5.74) is 2.12. The fraction of sp³-hybridized carbons (Fsp3) is 0.500. The Morgan fingerprint density at radius 1 is 1.48 bits per heavy atom. The predicted octanol–water partition coefficient (Wildman–Crippen LogP) is 2.19. The number of amides is 1. The standard InChI is InChI=1S/C14H20N4O3/c1-14(2)8-4-7-11(14)16-13(19)9-5-3-6-10(17-15)12(9)18(20)21/h3,5-6,11,17H,4,7-8,15H2,1-2H3,(H,16,19). The number of nitro groups is 1. The van der Waals surface area contributed by atoms with Gasteiger partial charge in [0.2, 0.25) is 0 Å². The van der Waals surface area contributed by atoms with E-state index >= 15 is 0 Å². The third-order valence-electron chi connectivity index (χ3n) is 4.18. The highest BCUT2D eigenvalue weighted by Gasteiger charge is 2.36. The highest BCUT2D eigenvalue weighted by atomic mass is 16.6. The largest absolute Gasteiger partial charge is 0.349 e. The minimum Gasteiger partial charge on any atom is -0.349 e. The number of anilines is 1. The van der Waals surface area contributed by atoms with Gasteiger partial charge in [-0.1, -0.05) is 26.3 Å². The van der Waals surface area contributed by atoms with E-state index in [0.717, 1.165) is 19.3 Å². The topological polar surface area (TPSA) is 110 Å². The van der Waals surface area contributed by atoms with Gasteiger partial charge >= 0.3 is 5.69 Å². The van der Waals surface area contributed by atoms with Gasteiger partial charge in [0.25, 0.3) is 5.91 Å². The molecular formula is C14H20N4O3. The molecule has 7 nitrogen and oxygen atoms in total. The van der Waals surface area contributed by atoms with Gasteiger partial charge in [-0.2, -0.15) is 0 Å². The number of nitrogen functional groups attached to an aromatic ring is 1. The lowest BCUT2D eigenvalue weighted by atomic mass is 9.87. The highest BCUT2D eigenvalue weighted by molar-refractivity contribution is 6.00. The first-order chi connectivity index (χ1) is 9.86. The van der Waals surface area contributed by atoms with E-state index in [2.05, 4.69) is 24.6 Å². The summed E-state index contributed by atoms with van der Waals surface area (Å²) in [6, 6.07) is 4.50. The van der Waals surface area contributed by atoms with E-state index in [1.54, 1.807) is 6.07 Å². The van der Waals surface area contributed by atoms with Crippen LogP contribution in [0, 0.1) is 15.5 Å². The molecule has 7 heteroatoms. The second-order valence-electron chi connectivity index (χ2n) is 6.01. The molecule has 1 aliphatic rings. The van der Waals surface area contributed by atoms with Crippen molar-refractivity contribution in [2.45, 2.75) is 39.2 Å². The number of benzene rings is 1. The summed E-state index contributed by atoms with van der Waals surface area (Å²) in [5.74, 6) is 4.85. The molecule has 1 fully saturated rings. The van der Waals surface area contributed by atoms with E-state index in [9.17, 15) is 14.9 Å². The molecule has 2 rings (SSSR count). The minimum absolute atomic E-state index is 0.00810. The van der Waals surface area contributed by atoms with Crippen molar-refractivity contribution in [3.63, 3.8) is 0 Å². The number of hydrogen-bond donors (Lipinski definition) is 3. The zero-order chi connectivity index (χ0) is 15.6. The molecule has 1 aliphatic carbocycles. The summed E-state index contributed by atoms with van der Waals surface area (Å²) in [4.78, 5) is 23.0. The number of carbonyl (C=O) groups is 1. The van der Waals surface area contributed by atoms with Gasteiger partial charge in [0.15, 0.2) is 0 Å². The average Bonchev–Trinajstić information content (AvgIpc) is 2.76. The number of para-hydroxylation sites is 1. The van der Waals surface area contributed by atoms with Crippen LogP contribution in [0.5, 0.6) is 0 Å². The summed E-state index contributed by atoms with van der Waals surface area (Å²) >= 11 is 0. The fourth-order valence-electron chi connectivity index (χ4n) is 2.87. The summed E-state index contributed by atoms with van der Waals surface area (Å²) < 4.78 is 0. The van der Waals surface area contributed by atoms with Crippen LogP contribution in [0.15, 0.2) is 18.2 Å². The highest BCUT2D eigenvalue weighted by Crippen LogP contribution is 2.37. The number of carbonyl (C=O) groups excluding carboxylic acids is 1. The third-order valence-corrected chi connectivity index (χ3v) is 4.18. The normalized spacial score (nSPS) is 20.0. The van der Waals surface area contributed by atoms with Gasteiger partial charge in [-0.25, -0.2) is 0 Å². The Morgan fingerprint density at radius 3 is 2.71 bits per heavy atom. The van der Waals surface area contributed by atoms with Gasteiger partial charge in [0, 0.05) is 6.04 Å². The molecule has 21 heavy (non-hydrogen) atoms. The molecule has 1 amide bonds. The molecule has 114 valence electrons. The third kappa shape index (κ3) is 2.97. The molecule has 0 aromatic heterocycles. The number of nitrogens with two attached hydrogens (primary N) is 1. The van der Waals surface area contributed by atoms with Gasteiger partial charge in [0.05, 0.1) is 4.92 Å². The van der Waals surface area contributed by atoms with Crippen LogP contribution in [0.2, 0.25) is 0 Å². The molecule has 1 atom stereocenters. The van der Waals surface area contributed by atoms with Crippen LogP contribution < -0.4 is 16.6 Å². The summed E-state index contributed by atoms with van der Waals surface area (Å²) in [6.07, 6.45) is 2.97. The lowest BCUT2D eigenvalue weighted by Gasteiger charge is -2.27. The zero-order valence-electron chi connectivity index (χ0n) is 12.2. The maximum absolute atomic E-state index is 12.4. The molecule has 0 saturated heterocycles. The van der Waals surface area contributed by atoms with Crippen LogP contribution in [0.3, 0.4) is 0 Å².